The van der Waals surface area contributed by atoms with E-state index in [1.807, 2.05) is 17.9 Å². The van der Waals surface area contributed by atoms with Crippen LogP contribution in [0, 0.1) is 12.8 Å². The number of likely N-dealkylation sites (tertiary alicyclic amines) is 1. The second-order valence-corrected chi connectivity index (χ2v) is 5.34. The fraction of sp³-hybridized carbons (Fsp3) is 0.500. The molecule has 2 fully saturated rings. The number of benzene rings is 1. The standard InChI is InChI=1S/C14H18N2O2/c1-9-2-3-11(13(17)6-9)14(18)16-7-10-4-5-15-12(10)8-16/h2-3,6,10,12,15,17H,4-5,7-8H2,1H3/t10-,12+/m0/s1. The smallest absolute Gasteiger partial charge is 0.257 e. The van der Waals surface area contributed by atoms with Gasteiger partial charge in [-0.3, -0.25) is 4.79 Å². The molecule has 2 aliphatic heterocycles. The third kappa shape index (κ3) is 1.86. The van der Waals surface area contributed by atoms with Gasteiger partial charge in [0.1, 0.15) is 5.75 Å². The van der Waals surface area contributed by atoms with Gasteiger partial charge in [0, 0.05) is 19.1 Å². The van der Waals surface area contributed by atoms with Crippen LogP contribution in [0.5, 0.6) is 5.75 Å². The Kier molecular flexibility index (Phi) is 2.74. The maximum atomic E-state index is 12.3. The molecule has 0 spiro atoms. The first-order chi connectivity index (χ1) is 8.65. The van der Waals surface area contributed by atoms with Gasteiger partial charge in [0.2, 0.25) is 0 Å². The number of nitrogens with zero attached hydrogens (tertiary/aromatic N) is 1. The van der Waals surface area contributed by atoms with Crippen molar-refractivity contribution in [3.63, 3.8) is 0 Å². The number of aromatic hydroxyl groups is 1. The Labute approximate surface area is 107 Å². The minimum atomic E-state index is -0.0521. The van der Waals surface area contributed by atoms with Crippen molar-refractivity contribution in [2.75, 3.05) is 19.6 Å². The van der Waals surface area contributed by atoms with Gasteiger partial charge in [0.25, 0.3) is 5.91 Å². The first-order valence-corrected chi connectivity index (χ1v) is 6.47. The number of hydrogen-bond donors (Lipinski definition) is 2. The number of carbonyl (C=O) groups excluding carboxylic acids is 1. The summed E-state index contributed by atoms with van der Waals surface area (Å²) in [6, 6.07) is 5.67. The van der Waals surface area contributed by atoms with E-state index < -0.39 is 0 Å². The Balaban J connectivity index is 1.79. The fourth-order valence-corrected chi connectivity index (χ4v) is 3.01. The van der Waals surface area contributed by atoms with Gasteiger partial charge in [0.15, 0.2) is 0 Å². The number of phenolic OH excluding ortho intramolecular Hbond substituents is 1. The van der Waals surface area contributed by atoms with Gasteiger partial charge in [-0.25, -0.2) is 0 Å². The predicted molar refractivity (Wildman–Crippen MR) is 68.6 cm³/mol. The van der Waals surface area contributed by atoms with Crippen molar-refractivity contribution in [1.29, 1.82) is 0 Å². The molecule has 2 heterocycles. The molecule has 0 aliphatic carbocycles. The zero-order chi connectivity index (χ0) is 12.7. The molecule has 0 bridgehead atoms. The quantitative estimate of drug-likeness (QED) is 0.781. The molecule has 1 amide bonds. The number of hydrogen-bond acceptors (Lipinski definition) is 3. The molecule has 2 N–H and O–H groups in total. The van der Waals surface area contributed by atoms with Crippen molar-refractivity contribution in [2.45, 2.75) is 19.4 Å². The van der Waals surface area contributed by atoms with Gasteiger partial charge in [-0.05, 0) is 43.5 Å². The van der Waals surface area contributed by atoms with Gasteiger partial charge in [-0.15, -0.1) is 0 Å². The molecule has 96 valence electrons. The lowest BCUT2D eigenvalue weighted by atomic mass is 10.1. The van der Waals surface area contributed by atoms with Crippen molar-refractivity contribution < 1.29 is 9.90 Å². The molecule has 0 unspecified atom stereocenters. The molecule has 0 aromatic heterocycles. The molecule has 1 aromatic carbocycles. The van der Waals surface area contributed by atoms with Crippen LogP contribution in [0.1, 0.15) is 22.3 Å². The van der Waals surface area contributed by atoms with Crippen molar-refractivity contribution >= 4 is 5.91 Å². The molecule has 3 rings (SSSR count). The Morgan fingerprint density at radius 2 is 2.28 bits per heavy atom. The highest BCUT2D eigenvalue weighted by Gasteiger charge is 2.38. The summed E-state index contributed by atoms with van der Waals surface area (Å²) in [6.07, 6.45) is 1.15. The zero-order valence-electron chi connectivity index (χ0n) is 10.5. The highest BCUT2D eigenvalue weighted by atomic mass is 16.3. The summed E-state index contributed by atoms with van der Waals surface area (Å²) in [6.45, 7) is 4.53. The largest absolute Gasteiger partial charge is 0.507 e. The lowest BCUT2D eigenvalue weighted by molar-refractivity contribution is 0.0779. The molecule has 2 atom stereocenters. The molecule has 4 nitrogen and oxygen atoms in total. The highest BCUT2D eigenvalue weighted by Crippen LogP contribution is 2.28. The van der Waals surface area contributed by atoms with Crippen LogP contribution < -0.4 is 5.32 Å². The van der Waals surface area contributed by atoms with Crippen LogP contribution in [0.4, 0.5) is 0 Å². The number of amides is 1. The number of aryl methyl sites for hydroxylation is 1. The van der Waals surface area contributed by atoms with E-state index in [0.29, 0.717) is 17.5 Å². The van der Waals surface area contributed by atoms with Crippen LogP contribution in [0.3, 0.4) is 0 Å². The van der Waals surface area contributed by atoms with Crippen molar-refractivity contribution in [3.05, 3.63) is 29.3 Å². The summed E-state index contributed by atoms with van der Waals surface area (Å²) >= 11 is 0. The summed E-state index contributed by atoms with van der Waals surface area (Å²) in [5.74, 6) is 0.621. The van der Waals surface area contributed by atoms with E-state index in [1.165, 1.54) is 0 Å². The van der Waals surface area contributed by atoms with Gasteiger partial charge >= 0.3 is 0 Å². The lowest BCUT2D eigenvalue weighted by Gasteiger charge is -2.18. The molecule has 4 heteroatoms. The van der Waals surface area contributed by atoms with Crippen LogP contribution in [0.15, 0.2) is 18.2 Å². The topological polar surface area (TPSA) is 52.6 Å². The number of carbonyl (C=O) groups is 1. The average Bonchev–Trinajstić information content (AvgIpc) is 2.87. The Morgan fingerprint density at radius 1 is 1.44 bits per heavy atom. The molecule has 0 radical (unpaired) electrons. The Hall–Kier alpha value is -1.55. The summed E-state index contributed by atoms with van der Waals surface area (Å²) < 4.78 is 0. The number of fused-ring (bicyclic) bond motifs is 1. The predicted octanol–water partition coefficient (Wildman–Crippen LogP) is 1.13. The normalized spacial score (nSPS) is 26.4. The van der Waals surface area contributed by atoms with Gasteiger partial charge in [-0.1, -0.05) is 6.07 Å². The van der Waals surface area contributed by atoms with Crippen molar-refractivity contribution in [3.8, 4) is 5.75 Å². The van der Waals surface area contributed by atoms with Crippen LogP contribution in [-0.4, -0.2) is 41.6 Å². The summed E-state index contributed by atoms with van der Waals surface area (Å²) in [4.78, 5) is 14.2. The van der Waals surface area contributed by atoms with Gasteiger partial charge < -0.3 is 15.3 Å². The van der Waals surface area contributed by atoms with Crippen LogP contribution in [-0.2, 0) is 0 Å². The van der Waals surface area contributed by atoms with Crippen LogP contribution >= 0.6 is 0 Å². The van der Waals surface area contributed by atoms with E-state index >= 15 is 0 Å². The summed E-state index contributed by atoms with van der Waals surface area (Å²) in [7, 11) is 0. The van der Waals surface area contributed by atoms with Gasteiger partial charge in [-0.2, -0.15) is 0 Å². The number of rotatable bonds is 1. The maximum Gasteiger partial charge on any atom is 0.257 e. The fourth-order valence-electron chi connectivity index (χ4n) is 3.01. The summed E-state index contributed by atoms with van der Waals surface area (Å²) in [5, 5.41) is 13.3. The molecule has 2 saturated heterocycles. The van der Waals surface area contributed by atoms with E-state index in [0.717, 1.165) is 31.6 Å². The molecule has 1 aromatic rings. The van der Waals surface area contributed by atoms with E-state index in [4.69, 9.17) is 0 Å². The van der Waals surface area contributed by atoms with E-state index in [2.05, 4.69) is 5.32 Å². The van der Waals surface area contributed by atoms with Gasteiger partial charge in [0.05, 0.1) is 5.56 Å². The molecule has 2 aliphatic rings. The first-order valence-electron chi connectivity index (χ1n) is 6.47. The molecular weight excluding hydrogens is 228 g/mol. The maximum absolute atomic E-state index is 12.3. The Bertz CT molecular complexity index is 475. The van der Waals surface area contributed by atoms with Crippen LogP contribution in [0.2, 0.25) is 0 Å². The minimum absolute atomic E-state index is 0.0521. The second kappa shape index (κ2) is 4.28. The summed E-state index contributed by atoms with van der Waals surface area (Å²) in [5.41, 5.74) is 1.38. The average molecular weight is 246 g/mol. The lowest BCUT2D eigenvalue weighted by Crippen LogP contribution is -2.34. The van der Waals surface area contributed by atoms with E-state index in [1.54, 1.807) is 12.1 Å². The van der Waals surface area contributed by atoms with Crippen LogP contribution in [0.25, 0.3) is 0 Å². The van der Waals surface area contributed by atoms with E-state index in [9.17, 15) is 9.90 Å². The SMILES string of the molecule is Cc1ccc(C(=O)N2C[C@@H]3CCN[C@@H]3C2)c(O)c1. The third-order valence-corrected chi connectivity index (χ3v) is 4.03. The van der Waals surface area contributed by atoms with Crippen molar-refractivity contribution in [1.82, 2.24) is 10.2 Å². The second-order valence-electron chi connectivity index (χ2n) is 5.34. The minimum Gasteiger partial charge on any atom is -0.507 e. The number of phenols is 1. The monoisotopic (exact) mass is 246 g/mol. The molecule has 0 saturated carbocycles. The van der Waals surface area contributed by atoms with Crippen molar-refractivity contribution in [2.24, 2.45) is 5.92 Å². The highest BCUT2D eigenvalue weighted by molar-refractivity contribution is 5.97. The molecular formula is C14H18N2O2. The first kappa shape index (κ1) is 11.5. The number of nitrogens with one attached hydrogen (secondary N) is 1. The Morgan fingerprint density at radius 3 is 3.00 bits per heavy atom. The molecule has 18 heavy (non-hydrogen) atoms. The van der Waals surface area contributed by atoms with E-state index in [-0.39, 0.29) is 11.7 Å². The third-order valence-electron chi connectivity index (χ3n) is 4.03. The zero-order valence-corrected chi connectivity index (χ0v) is 10.5.